The highest BCUT2D eigenvalue weighted by Crippen LogP contribution is 2.31. The van der Waals surface area contributed by atoms with Crippen LogP contribution in [-0.4, -0.2) is 12.5 Å². The number of hydrogen-bond donors (Lipinski definition) is 2. The molecule has 1 aromatic rings. The molecule has 1 aromatic carbocycles. The Labute approximate surface area is 121 Å². The largest absolute Gasteiger partial charge is 0.349 e. The van der Waals surface area contributed by atoms with Crippen molar-refractivity contribution in [2.24, 2.45) is 17.6 Å². The molecule has 0 aliphatic heterocycles. The van der Waals surface area contributed by atoms with Gasteiger partial charge in [-0.15, -0.1) is 12.4 Å². The van der Waals surface area contributed by atoms with Crippen LogP contribution in [0.1, 0.15) is 37.8 Å². The molecule has 1 aliphatic carbocycles. The number of nitrogens with two attached hydrogens (primary N) is 1. The van der Waals surface area contributed by atoms with Gasteiger partial charge in [-0.1, -0.05) is 36.8 Å². The molecule has 4 heteroatoms. The van der Waals surface area contributed by atoms with E-state index in [0.29, 0.717) is 12.5 Å². The fourth-order valence-electron chi connectivity index (χ4n) is 2.81. The smallest absolute Gasteiger partial charge is 0.223 e. The number of amides is 1. The van der Waals surface area contributed by atoms with Gasteiger partial charge in [0.05, 0.1) is 6.04 Å². The van der Waals surface area contributed by atoms with E-state index in [1.54, 1.807) is 0 Å². The average Bonchev–Trinajstić information content (AvgIpc) is 2.88. The van der Waals surface area contributed by atoms with Crippen molar-refractivity contribution in [3.63, 3.8) is 0 Å². The maximum Gasteiger partial charge on any atom is 0.223 e. The summed E-state index contributed by atoms with van der Waals surface area (Å²) in [5.41, 5.74) is 6.87. The highest BCUT2D eigenvalue weighted by Gasteiger charge is 2.32. The van der Waals surface area contributed by atoms with E-state index in [1.807, 2.05) is 37.3 Å². The number of nitrogens with one attached hydrogen (secondary N) is 1. The normalized spacial score (nSPS) is 23.5. The molecule has 1 fully saturated rings. The Bertz CT molecular complexity index is 396. The summed E-state index contributed by atoms with van der Waals surface area (Å²) in [6.07, 6.45) is 3.20. The molecule has 3 nitrogen and oxygen atoms in total. The first-order chi connectivity index (χ1) is 8.72. The van der Waals surface area contributed by atoms with Crippen LogP contribution in [0, 0.1) is 11.8 Å². The highest BCUT2D eigenvalue weighted by atomic mass is 35.5. The molecule has 0 radical (unpaired) electrons. The van der Waals surface area contributed by atoms with Crippen LogP contribution in [0.3, 0.4) is 0 Å². The van der Waals surface area contributed by atoms with Gasteiger partial charge in [-0.05, 0) is 37.8 Å². The van der Waals surface area contributed by atoms with Crippen LogP contribution < -0.4 is 11.1 Å². The lowest BCUT2D eigenvalue weighted by Crippen LogP contribution is -2.36. The summed E-state index contributed by atoms with van der Waals surface area (Å²) in [5, 5.41) is 3.11. The van der Waals surface area contributed by atoms with E-state index < -0.39 is 0 Å². The molecular weight excluding hydrogens is 260 g/mol. The lowest BCUT2D eigenvalue weighted by atomic mass is 9.95. The van der Waals surface area contributed by atoms with Gasteiger partial charge in [0.15, 0.2) is 0 Å². The van der Waals surface area contributed by atoms with Crippen LogP contribution in [0.15, 0.2) is 30.3 Å². The van der Waals surface area contributed by atoms with E-state index in [1.165, 1.54) is 0 Å². The zero-order valence-electron chi connectivity index (χ0n) is 11.3. The summed E-state index contributed by atoms with van der Waals surface area (Å²) in [4.78, 5) is 12.2. The molecule has 19 heavy (non-hydrogen) atoms. The van der Waals surface area contributed by atoms with E-state index in [2.05, 4.69) is 5.32 Å². The van der Waals surface area contributed by atoms with Crippen molar-refractivity contribution < 1.29 is 4.79 Å². The zero-order chi connectivity index (χ0) is 13.0. The summed E-state index contributed by atoms with van der Waals surface area (Å²) < 4.78 is 0. The Kier molecular flexibility index (Phi) is 6.32. The van der Waals surface area contributed by atoms with Gasteiger partial charge in [-0.3, -0.25) is 4.79 Å². The Balaban J connectivity index is 0.00000180. The van der Waals surface area contributed by atoms with Crippen molar-refractivity contribution in [1.29, 1.82) is 0 Å². The van der Waals surface area contributed by atoms with Gasteiger partial charge >= 0.3 is 0 Å². The van der Waals surface area contributed by atoms with Crippen LogP contribution in [-0.2, 0) is 4.79 Å². The molecule has 1 saturated carbocycles. The van der Waals surface area contributed by atoms with Crippen molar-refractivity contribution in [1.82, 2.24) is 5.32 Å². The summed E-state index contributed by atoms with van der Waals surface area (Å²) in [5.74, 6) is 0.647. The molecule has 106 valence electrons. The molecular formula is C15H23ClN2O. The van der Waals surface area contributed by atoms with Gasteiger partial charge in [0.1, 0.15) is 0 Å². The monoisotopic (exact) mass is 282 g/mol. The van der Waals surface area contributed by atoms with Crippen LogP contribution in [0.5, 0.6) is 0 Å². The minimum Gasteiger partial charge on any atom is -0.349 e. The first kappa shape index (κ1) is 16.0. The first-order valence-electron chi connectivity index (χ1n) is 6.77. The van der Waals surface area contributed by atoms with Crippen LogP contribution in [0.4, 0.5) is 0 Å². The zero-order valence-corrected chi connectivity index (χ0v) is 12.2. The molecule has 0 saturated heterocycles. The number of carbonyl (C=O) groups excluding carboxylic acids is 1. The molecule has 0 heterocycles. The second kappa shape index (κ2) is 7.51. The van der Waals surface area contributed by atoms with Gasteiger partial charge in [-0.25, -0.2) is 0 Å². The van der Waals surface area contributed by atoms with Crippen molar-refractivity contribution in [2.45, 2.75) is 32.2 Å². The van der Waals surface area contributed by atoms with Crippen molar-refractivity contribution >= 4 is 18.3 Å². The Hall–Kier alpha value is -1.06. The molecule has 0 bridgehead atoms. The van der Waals surface area contributed by atoms with Gasteiger partial charge < -0.3 is 11.1 Å². The van der Waals surface area contributed by atoms with Gasteiger partial charge in [0.25, 0.3) is 0 Å². The molecule has 2 rings (SSSR count). The van der Waals surface area contributed by atoms with Gasteiger partial charge in [-0.2, -0.15) is 0 Å². The van der Waals surface area contributed by atoms with Crippen LogP contribution in [0.25, 0.3) is 0 Å². The minimum atomic E-state index is 0. The standard InChI is InChI=1S/C15H22N2O.ClH/c1-11(12-6-3-2-4-7-12)17-15(18)14-9-5-8-13(14)10-16;/h2-4,6-7,11,13-14H,5,8-10,16H2,1H3,(H,17,18);1H/t11?,13-,14-;/m1./s1. The van der Waals surface area contributed by atoms with Crippen molar-refractivity contribution in [3.8, 4) is 0 Å². The third-order valence-electron chi connectivity index (χ3n) is 3.96. The molecule has 0 spiro atoms. The van der Waals surface area contributed by atoms with Crippen LogP contribution in [0.2, 0.25) is 0 Å². The molecule has 0 aromatic heterocycles. The van der Waals surface area contributed by atoms with Crippen LogP contribution >= 0.6 is 12.4 Å². The molecule has 1 amide bonds. The topological polar surface area (TPSA) is 55.1 Å². The van der Waals surface area contributed by atoms with E-state index >= 15 is 0 Å². The van der Waals surface area contributed by atoms with Crippen molar-refractivity contribution in [2.75, 3.05) is 6.54 Å². The van der Waals surface area contributed by atoms with Gasteiger partial charge in [0, 0.05) is 5.92 Å². The summed E-state index contributed by atoms with van der Waals surface area (Å²) >= 11 is 0. The summed E-state index contributed by atoms with van der Waals surface area (Å²) in [7, 11) is 0. The quantitative estimate of drug-likeness (QED) is 0.892. The molecule has 3 atom stereocenters. The van der Waals surface area contributed by atoms with Gasteiger partial charge in [0.2, 0.25) is 5.91 Å². The minimum absolute atomic E-state index is 0. The number of rotatable bonds is 4. The molecule has 3 N–H and O–H groups in total. The second-order valence-corrected chi connectivity index (χ2v) is 5.17. The number of benzene rings is 1. The fourth-order valence-corrected chi connectivity index (χ4v) is 2.81. The second-order valence-electron chi connectivity index (χ2n) is 5.17. The van der Waals surface area contributed by atoms with Crippen molar-refractivity contribution in [3.05, 3.63) is 35.9 Å². The highest BCUT2D eigenvalue weighted by molar-refractivity contribution is 5.85. The third-order valence-corrected chi connectivity index (χ3v) is 3.96. The Morgan fingerprint density at radius 2 is 2.05 bits per heavy atom. The number of hydrogen-bond acceptors (Lipinski definition) is 2. The maximum atomic E-state index is 12.2. The van der Waals surface area contributed by atoms with E-state index in [-0.39, 0.29) is 30.3 Å². The SMILES string of the molecule is CC(NC(=O)[C@@H]1CCC[C@@H]1CN)c1ccccc1.Cl. The third kappa shape index (κ3) is 3.95. The lowest BCUT2D eigenvalue weighted by molar-refractivity contribution is -0.126. The number of halogens is 1. The Morgan fingerprint density at radius 1 is 1.37 bits per heavy atom. The lowest BCUT2D eigenvalue weighted by Gasteiger charge is -2.21. The molecule has 1 aliphatic rings. The summed E-state index contributed by atoms with van der Waals surface area (Å²) in [6, 6.07) is 10.1. The first-order valence-corrected chi connectivity index (χ1v) is 6.77. The summed E-state index contributed by atoms with van der Waals surface area (Å²) in [6.45, 7) is 2.65. The van der Waals surface area contributed by atoms with E-state index in [9.17, 15) is 4.79 Å². The predicted molar refractivity (Wildman–Crippen MR) is 80.1 cm³/mol. The Morgan fingerprint density at radius 3 is 2.68 bits per heavy atom. The van der Waals surface area contributed by atoms with E-state index in [0.717, 1.165) is 24.8 Å². The fraction of sp³-hybridized carbons (Fsp3) is 0.533. The number of carbonyl (C=O) groups is 1. The van der Waals surface area contributed by atoms with E-state index in [4.69, 9.17) is 5.73 Å². The maximum absolute atomic E-state index is 12.2. The average molecular weight is 283 g/mol. The molecule has 1 unspecified atom stereocenters. The predicted octanol–water partition coefficient (Wildman–Crippen LogP) is 2.66.